The number of rotatable bonds is 31. The van der Waals surface area contributed by atoms with Crippen LogP contribution < -0.4 is 0 Å². The molecule has 0 saturated heterocycles. The van der Waals surface area contributed by atoms with Crippen molar-refractivity contribution in [3.05, 3.63) is 0 Å². The Hall–Kier alpha value is 0.137. The Morgan fingerprint density at radius 1 is 0.306 bits per heavy atom. The molecule has 0 aromatic rings. The number of hydrogen-bond donors (Lipinski definition) is 0. The van der Waals surface area contributed by atoms with E-state index in [-0.39, 0.29) is 0 Å². The van der Waals surface area contributed by atoms with E-state index in [1.807, 2.05) is 14.2 Å². The summed E-state index contributed by atoms with van der Waals surface area (Å²) in [7, 11) is 1.86. The van der Waals surface area contributed by atoms with Gasteiger partial charge in [-0.05, 0) is 12.1 Å². The second-order valence-corrected chi connectivity index (χ2v) is 15.3. The lowest BCUT2D eigenvalue weighted by Crippen LogP contribution is -2.39. The first-order chi connectivity index (χ1) is 17.7. The molecule has 0 amide bonds. The van der Waals surface area contributed by atoms with Gasteiger partial charge in [0.15, 0.2) is 0 Å². The molecule has 0 aliphatic carbocycles. The van der Waals surface area contributed by atoms with Gasteiger partial charge < -0.3 is 8.85 Å². The van der Waals surface area contributed by atoms with Crippen molar-refractivity contribution >= 4 is 8.56 Å². The predicted octanol–water partition coefficient (Wildman–Crippen LogP) is 12.3. The minimum Gasteiger partial charge on any atom is -0.398 e. The summed E-state index contributed by atoms with van der Waals surface area (Å²) in [5, 5.41) is 0. The smallest absolute Gasteiger partial charge is 0.337 e. The fraction of sp³-hybridized carbons (Fsp3) is 1.00. The van der Waals surface area contributed by atoms with Crippen LogP contribution in [0.3, 0.4) is 0 Å². The van der Waals surface area contributed by atoms with E-state index in [2.05, 4.69) is 13.8 Å². The minimum absolute atomic E-state index is 1.19. The van der Waals surface area contributed by atoms with Crippen LogP contribution in [0.4, 0.5) is 0 Å². The van der Waals surface area contributed by atoms with Crippen LogP contribution in [-0.4, -0.2) is 22.8 Å². The quantitative estimate of drug-likeness (QED) is 0.0660. The highest BCUT2D eigenvalue weighted by Gasteiger charge is 2.33. The van der Waals surface area contributed by atoms with Gasteiger partial charge in [0.1, 0.15) is 0 Å². The van der Waals surface area contributed by atoms with Gasteiger partial charge in [-0.3, -0.25) is 0 Å². The second-order valence-electron chi connectivity index (χ2n) is 11.7. The Bertz CT molecular complexity index is 397. The molecule has 218 valence electrons. The molecule has 0 unspecified atom stereocenters. The van der Waals surface area contributed by atoms with Gasteiger partial charge in [-0.15, -0.1) is 0 Å². The molecule has 0 aliphatic rings. The maximum Gasteiger partial charge on any atom is 0.337 e. The molecule has 0 aliphatic heterocycles. The van der Waals surface area contributed by atoms with Crippen molar-refractivity contribution in [1.29, 1.82) is 0 Å². The maximum atomic E-state index is 6.01. The maximum absolute atomic E-state index is 6.01. The van der Waals surface area contributed by atoms with E-state index in [0.29, 0.717) is 0 Å². The van der Waals surface area contributed by atoms with Crippen molar-refractivity contribution in [3.63, 3.8) is 0 Å². The van der Waals surface area contributed by atoms with Crippen LogP contribution in [0.15, 0.2) is 0 Å². The molecule has 0 bridgehead atoms. The van der Waals surface area contributed by atoms with E-state index < -0.39 is 8.56 Å². The van der Waals surface area contributed by atoms with Gasteiger partial charge in [-0.25, -0.2) is 0 Å². The lowest BCUT2D eigenvalue weighted by atomic mass is 10.0. The van der Waals surface area contributed by atoms with Crippen molar-refractivity contribution in [3.8, 4) is 0 Å². The van der Waals surface area contributed by atoms with Gasteiger partial charge in [0.2, 0.25) is 0 Å². The monoisotopic (exact) mass is 527 g/mol. The predicted molar refractivity (Wildman–Crippen MR) is 165 cm³/mol. The summed E-state index contributed by atoms with van der Waals surface area (Å²) in [4.78, 5) is 0. The van der Waals surface area contributed by atoms with E-state index in [1.54, 1.807) is 0 Å². The Morgan fingerprint density at radius 3 is 0.694 bits per heavy atom. The molecule has 0 atom stereocenters. The standard InChI is InChI=1S/C33H70O2Si/c1-5-7-9-11-13-15-16-17-18-19-20-21-22-23-25-27-29-31-33-36(34-3,35-4)32-30-28-26-24-14-12-10-8-6-2/h5-33H2,1-4H3. The molecule has 0 heterocycles. The summed E-state index contributed by atoms with van der Waals surface area (Å²) < 4.78 is 12.0. The van der Waals surface area contributed by atoms with Gasteiger partial charge in [0.25, 0.3) is 0 Å². The van der Waals surface area contributed by atoms with E-state index in [4.69, 9.17) is 8.85 Å². The third-order valence-electron chi connectivity index (χ3n) is 8.32. The first kappa shape index (κ1) is 36.1. The molecule has 3 heteroatoms. The lowest BCUT2D eigenvalue weighted by Gasteiger charge is -2.27. The van der Waals surface area contributed by atoms with Gasteiger partial charge in [-0.1, -0.05) is 187 Å². The highest BCUT2D eigenvalue weighted by molar-refractivity contribution is 6.67. The van der Waals surface area contributed by atoms with E-state index in [0.717, 1.165) is 0 Å². The van der Waals surface area contributed by atoms with Crippen molar-refractivity contribution in [2.75, 3.05) is 14.2 Å². The van der Waals surface area contributed by atoms with Crippen LogP contribution >= 0.6 is 0 Å². The van der Waals surface area contributed by atoms with Crippen molar-refractivity contribution in [2.45, 2.75) is 199 Å². The summed E-state index contributed by atoms with van der Waals surface area (Å²) in [6, 6.07) is 2.38. The molecular formula is C33H70O2Si. The van der Waals surface area contributed by atoms with Crippen LogP contribution in [0.2, 0.25) is 12.1 Å². The molecule has 0 rings (SSSR count). The summed E-state index contributed by atoms with van der Waals surface area (Å²) in [5.74, 6) is 0. The first-order valence-corrected chi connectivity index (χ1v) is 19.1. The van der Waals surface area contributed by atoms with Crippen LogP contribution in [0.1, 0.15) is 187 Å². The molecule has 0 aromatic carbocycles. The molecule has 0 N–H and O–H groups in total. The Morgan fingerprint density at radius 2 is 0.500 bits per heavy atom. The van der Waals surface area contributed by atoms with Gasteiger partial charge in [0, 0.05) is 14.2 Å². The minimum atomic E-state index is -1.94. The Kier molecular flexibility index (Phi) is 29.8. The highest BCUT2D eigenvalue weighted by atomic mass is 28.4. The van der Waals surface area contributed by atoms with Crippen molar-refractivity contribution < 1.29 is 8.85 Å². The van der Waals surface area contributed by atoms with Gasteiger partial charge in [-0.2, -0.15) is 0 Å². The van der Waals surface area contributed by atoms with Crippen LogP contribution in [0, 0.1) is 0 Å². The molecule has 0 aromatic heterocycles. The topological polar surface area (TPSA) is 18.5 Å². The highest BCUT2D eigenvalue weighted by Crippen LogP contribution is 2.25. The third-order valence-corrected chi connectivity index (χ3v) is 12.0. The third kappa shape index (κ3) is 24.5. The molecular weight excluding hydrogens is 456 g/mol. The number of hydrogen-bond acceptors (Lipinski definition) is 2. The Labute approximate surface area is 230 Å². The van der Waals surface area contributed by atoms with E-state index in [9.17, 15) is 0 Å². The molecule has 2 nitrogen and oxygen atoms in total. The molecule has 36 heavy (non-hydrogen) atoms. The summed E-state index contributed by atoms with van der Waals surface area (Å²) >= 11 is 0. The summed E-state index contributed by atoms with van der Waals surface area (Å²) in [6.45, 7) is 4.60. The van der Waals surface area contributed by atoms with Crippen molar-refractivity contribution in [2.24, 2.45) is 0 Å². The molecule has 0 radical (unpaired) electrons. The van der Waals surface area contributed by atoms with Gasteiger partial charge >= 0.3 is 8.56 Å². The number of unbranched alkanes of at least 4 members (excludes halogenated alkanes) is 25. The lowest BCUT2D eigenvalue weighted by molar-refractivity contribution is 0.238. The SMILES string of the molecule is CCCCCCCCCCCCCCCCCCCC[Si](CCCCCCCCCCC)(OC)OC. The zero-order valence-electron chi connectivity index (χ0n) is 25.8. The molecule has 0 fully saturated rings. The Balaban J connectivity index is 3.49. The normalized spacial score (nSPS) is 12.0. The summed E-state index contributed by atoms with van der Waals surface area (Å²) in [6.07, 6.45) is 38.3. The van der Waals surface area contributed by atoms with Crippen LogP contribution in [0.25, 0.3) is 0 Å². The molecule has 0 spiro atoms. The van der Waals surface area contributed by atoms with E-state index in [1.165, 1.54) is 185 Å². The molecule has 0 saturated carbocycles. The average molecular weight is 527 g/mol. The van der Waals surface area contributed by atoms with Crippen LogP contribution in [-0.2, 0) is 8.85 Å². The zero-order valence-corrected chi connectivity index (χ0v) is 26.8. The fourth-order valence-electron chi connectivity index (χ4n) is 5.62. The van der Waals surface area contributed by atoms with Crippen LogP contribution in [0.5, 0.6) is 0 Å². The first-order valence-electron chi connectivity index (χ1n) is 16.8. The fourth-order valence-corrected chi connectivity index (χ4v) is 8.43. The van der Waals surface area contributed by atoms with E-state index >= 15 is 0 Å². The summed E-state index contributed by atoms with van der Waals surface area (Å²) in [5.41, 5.74) is 0. The average Bonchev–Trinajstić information content (AvgIpc) is 2.90. The van der Waals surface area contributed by atoms with Crippen molar-refractivity contribution in [1.82, 2.24) is 0 Å². The largest absolute Gasteiger partial charge is 0.398 e. The van der Waals surface area contributed by atoms with Gasteiger partial charge in [0.05, 0.1) is 0 Å². The second kappa shape index (κ2) is 29.7. The zero-order chi connectivity index (χ0) is 26.4.